The van der Waals surface area contributed by atoms with Gasteiger partial charge in [-0.2, -0.15) is 5.26 Å². The molecule has 2 aliphatic heterocycles. The van der Waals surface area contributed by atoms with Gasteiger partial charge in [0.15, 0.2) is 0 Å². The number of nitrogens with zero attached hydrogens (tertiary/aromatic N) is 6. The third kappa shape index (κ3) is 3.96. The highest BCUT2D eigenvalue weighted by Crippen LogP contribution is 2.50. The first kappa shape index (κ1) is 19.5. The molecule has 0 bridgehead atoms. The van der Waals surface area contributed by atoms with Crippen LogP contribution in [-0.2, 0) is 0 Å². The van der Waals surface area contributed by atoms with Gasteiger partial charge in [-0.3, -0.25) is 0 Å². The molecule has 0 amide bonds. The molecular weight excluding hydrogens is 372 g/mol. The number of hydrogen-bond donors (Lipinski definition) is 0. The van der Waals surface area contributed by atoms with E-state index in [1.807, 2.05) is 0 Å². The van der Waals surface area contributed by atoms with Gasteiger partial charge >= 0.3 is 0 Å². The van der Waals surface area contributed by atoms with Crippen LogP contribution in [0.15, 0.2) is 0 Å². The van der Waals surface area contributed by atoms with Crippen LogP contribution in [0.5, 0.6) is 0 Å². The molecular formula is C21H27ClN6. The Morgan fingerprint density at radius 2 is 1.82 bits per heavy atom. The van der Waals surface area contributed by atoms with Crippen LogP contribution >= 0.6 is 11.6 Å². The standard InChI is InChI=1S/C21H27ClN6/c1-24-19-18(16-3-4-16)17(13-23)20(22)25-21(19)28-7-5-15(6-8-28)14-27-11-9-26(2)10-12-27/h15-16H,3-12,14H2,2H3. The van der Waals surface area contributed by atoms with Gasteiger partial charge in [0, 0.05) is 45.8 Å². The number of piperazine rings is 1. The van der Waals surface area contributed by atoms with Crippen molar-refractivity contribution < 1.29 is 0 Å². The Morgan fingerprint density at radius 1 is 1.14 bits per heavy atom. The minimum absolute atomic E-state index is 0.256. The van der Waals surface area contributed by atoms with Crippen molar-refractivity contribution >= 4 is 23.1 Å². The Morgan fingerprint density at radius 3 is 2.39 bits per heavy atom. The summed E-state index contributed by atoms with van der Waals surface area (Å²) < 4.78 is 0. The molecule has 3 aliphatic rings. The summed E-state index contributed by atoms with van der Waals surface area (Å²) in [6.45, 7) is 15.3. The summed E-state index contributed by atoms with van der Waals surface area (Å²) in [7, 11) is 2.19. The fourth-order valence-corrected chi connectivity index (χ4v) is 4.71. The topological polar surface area (TPSA) is 50.8 Å². The lowest BCUT2D eigenvalue weighted by Gasteiger charge is -2.38. The maximum Gasteiger partial charge on any atom is 0.233 e. The van der Waals surface area contributed by atoms with Crippen molar-refractivity contribution in [2.45, 2.75) is 31.6 Å². The average molecular weight is 399 g/mol. The fraction of sp³-hybridized carbons (Fsp3) is 0.667. The van der Waals surface area contributed by atoms with E-state index < -0.39 is 0 Å². The highest BCUT2D eigenvalue weighted by atomic mass is 35.5. The lowest BCUT2D eigenvalue weighted by atomic mass is 9.95. The van der Waals surface area contributed by atoms with Crippen molar-refractivity contribution in [1.29, 1.82) is 5.26 Å². The van der Waals surface area contributed by atoms with Gasteiger partial charge in [-0.05, 0) is 50.1 Å². The molecule has 1 aliphatic carbocycles. The first-order chi connectivity index (χ1) is 13.6. The van der Waals surface area contributed by atoms with Gasteiger partial charge in [-0.25, -0.2) is 9.83 Å². The van der Waals surface area contributed by atoms with Gasteiger partial charge in [-0.15, -0.1) is 0 Å². The Balaban J connectivity index is 1.46. The molecule has 0 atom stereocenters. The first-order valence-electron chi connectivity index (χ1n) is 10.3. The number of piperidine rings is 1. The lowest BCUT2D eigenvalue weighted by Crippen LogP contribution is -2.47. The third-order valence-corrected chi connectivity index (χ3v) is 6.66. The van der Waals surface area contributed by atoms with Gasteiger partial charge < -0.3 is 14.7 Å². The molecule has 0 aromatic carbocycles. The average Bonchev–Trinajstić information content (AvgIpc) is 3.54. The van der Waals surface area contributed by atoms with Crippen molar-refractivity contribution in [2.24, 2.45) is 5.92 Å². The maximum atomic E-state index is 9.51. The molecule has 1 aromatic heterocycles. The fourth-order valence-electron chi connectivity index (χ4n) is 4.48. The van der Waals surface area contributed by atoms with E-state index in [9.17, 15) is 5.26 Å². The molecule has 0 radical (unpaired) electrons. The molecule has 3 fully saturated rings. The second-order valence-corrected chi connectivity index (χ2v) is 8.75. The summed E-state index contributed by atoms with van der Waals surface area (Å²) >= 11 is 6.35. The van der Waals surface area contributed by atoms with Gasteiger partial charge in [0.1, 0.15) is 17.0 Å². The van der Waals surface area contributed by atoms with Gasteiger partial charge in [-0.1, -0.05) is 11.6 Å². The molecule has 28 heavy (non-hydrogen) atoms. The molecule has 6 nitrogen and oxygen atoms in total. The van der Waals surface area contributed by atoms with Crippen LogP contribution in [0.3, 0.4) is 0 Å². The number of aromatic nitrogens is 1. The highest BCUT2D eigenvalue weighted by Gasteiger charge is 2.34. The Hall–Kier alpha value is -1.86. The lowest BCUT2D eigenvalue weighted by molar-refractivity contribution is 0.129. The van der Waals surface area contributed by atoms with Crippen LogP contribution in [0, 0.1) is 23.8 Å². The molecule has 7 heteroatoms. The summed E-state index contributed by atoms with van der Waals surface area (Å²) in [6.07, 6.45) is 4.29. The molecule has 1 aromatic rings. The largest absolute Gasteiger partial charge is 0.365 e. The van der Waals surface area contributed by atoms with E-state index in [1.54, 1.807) is 0 Å². The van der Waals surface area contributed by atoms with Crippen molar-refractivity contribution in [3.05, 3.63) is 27.7 Å². The zero-order valence-corrected chi connectivity index (χ0v) is 17.3. The summed E-state index contributed by atoms with van der Waals surface area (Å²) in [6, 6.07) is 2.18. The monoisotopic (exact) mass is 398 g/mol. The van der Waals surface area contributed by atoms with Crippen LogP contribution in [0.4, 0.5) is 11.5 Å². The second kappa shape index (κ2) is 8.25. The van der Waals surface area contributed by atoms with E-state index in [-0.39, 0.29) is 5.15 Å². The minimum Gasteiger partial charge on any atom is -0.365 e. The van der Waals surface area contributed by atoms with Crippen LogP contribution in [0.1, 0.15) is 42.7 Å². The third-order valence-electron chi connectivity index (χ3n) is 6.38. The Kier molecular flexibility index (Phi) is 5.73. The van der Waals surface area contributed by atoms with Crippen LogP contribution in [0.2, 0.25) is 5.15 Å². The molecule has 3 heterocycles. The molecule has 2 saturated heterocycles. The molecule has 0 N–H and O–H groups in total. The van der Waals surface area contributed by atoms with Gasteiger partial charge in [0.2, 0.25) is 5.69 Å². The summed E-state index contributed by atoms with van der Waals surface area (Å²) in [5, 5.41) is 9.76. The van der Waals surface area contributed by atoms with Crippen LogP contribution < -0.4 is 4.90 Å². The van der Waals surface area contributed by atoms with E-state index in [1.165, 1.54) is 6.54 Å². The molecule has 0 unspecified atom stereocenters. The summed E-state index contributed by atoms with van der Waals surface area (Å²) in [4.78, 5) is 15.5. The van der Waals surface area contributed by atoms with E-state index in [4.69, 9.17) is 18.2 Å². The number of hydrogen-bond acceptors (Lipinski definition) is 5. The number of pyridine rings is 1. The minimum atomic E-state index is 0.256. The molecule has 1 saturated carbocycles. The maximum absolute atomic E-state index is 9.51. The van der Waals surface area contributed by atoms with Crippen molar-refractivity contribution in [2.75, 3.05) is 57.8 Å². The molecule has 4 rings (SSSR count). The first-order valence-corrected chi connectivity index (χ1v) is 10.6. The predicted molar refractivity (Wildman–Crippen MR) is 111 cm³/mol. The van der Waals surface area contributed by atoms with Gasteiger partial charge in [0.05, 0.1) is 12.1 Å². The number of anilines is 1. The number of nitriles is 1. The Bertz CT molecular complexity index is 806. The smallest absolute Gasteiger partial charge is 0.233 e. The van der Waals surface area contributed by atoms with Gasteiger partial charge in [0.25, 0.3) is 0 Å². The summed E-state index contributed by atoms with van der Waals surface area (Å²) in [5.74, 6) is 1.69. The number of halogens is 1. The van der Waals surface area contributed by atoms with Crippen molar-refractivity contribution in [1.82, 2.24) is 14.8 Å². The van der Waals surface area contributed by atoms with E-state index in [2.05, 4.69) is 37.6 Å². The van der Waals surface area contributed by atoms with Crippen molar-refractivity contribution in [3.8, 4) is 6.07 Å². The SMILES string of the molecule is [C-]#[N+]c1c(N2CCC(CN3CCN(C)CC3)CC2)nc(Cl)c(C#N)c1C1CC1. The van der Waals surface area contributed by atoms with E-state index in [0.717, 1.165) is 70.5 Å². The molecule has 0 spiro atoms. The van der Waals surface area contributed by atoms with Crippen molar-refractivity contribution in [3.63, 3.8) is 0 Å². The highest BCUT2D eigenvalue weighted by molar-refractivity contribution is 6.31. The Labute approximate surface area is 172 Å². The van der Waals surface area contributed by atoms with Crippen LogP contribution in [0.25, 0.3) is 4.85 Å². The molecule has 148 valence electrons. The predicted octanol–water partition coefficient (Wildman–Crippen LogP) is 3.50. The number of rotatable bonds is 4. The van der Waals surface area contributed by atoms with E-state index >= 15 is 0 Å². The quantitative estimate of drug-likeness (QED) is 0.574. The second-order valence-electron chi connectivity index (χ2n) is 8.40. The number of likely N-dealkylation sites (N-methyl/N-ethyl adjacent to an activating group) is 1. The zero-order chi connectivity index (χ0) is 19.7. The van der Waals surface area contributed by atoms with E-state index in [0.29, 0.717) is 28.9 Å². The van der Waals surface area contributed by atoms with Crippen LogP contribution in [-0.4, -0.2) is 67.6 Å². The summed E-state index contributed by atoms with van der Waals surface area (Å²) in [5.41, 5.74) is 1.80. The zero-order valence-electron chi connectivity index (χ0n) is 16.5. The normalized spacial score (nSPS) is 22.1.